The van der Waals surface area contributed by atoms with Gasteiger partial charge in [0.15, 0.2) is 0 Å². The predicted octanol–water partition coefficient (Wildman–Crippen LogP) is -11.2. The van der Waals surface area contributed by atoms with Crippen molar-refractivity contribution in [3.8, 4) is 0 Å². The van der Waals surface area contributed by atoms with Crippen LogP contribution in [0.2, 0.25) is 0 Å². The summed E-state index contributed by atoms with van der Waals surface area (Å²) in [7, 11) is 4.00. The van der Waals surface area contributed by atoms with E-state index in [0.717, 1.165) is 0 Å². The normalized spacial score (nSPS) is 0.667. The quantitative estimate of drug-likeness (QED) is 0.261. The zero-order chi connectivity index (χ0) is 2.00. The fourth-order valence-corrected chi connectivity index (χ4v) is 0. The van der Waals surface area contributed by atoms with Gasteiger partial charge in [0.05, 0.1) is 15.5 Å². The maximum Gasteiger partial charge on any atom is 3.00 e. The topological polar surface area (TPSA) is 0 Å². The van der Waals surface area contributed by atoms with Gasteiger partial charge < -0.3 is 14.1 Å². The van der Waals surface area contributed by atoms with Gasteiger partial charge in [-0.25, -0.2) is 0 Å². The second kappa shape index (κ2) is 343000. The first-order chi connectivity index (χ1) is 1.00. The minimum atomic E-state index is 0. The molecule has 0 rings (SSSR count). The van der Waals surface area contributed by atoms with Crippen molar-refractivity contribution in [1.29, 1.82) is 0 Å². The van der Waals surface area contributed by atoms with Crippen LogP contribution in [-0.2, 0) is 0 Å². The van der Waals surface area contributed by atoms with E-state index in [1.807, 2.05) is 15.5 Å². The predicted molar refractivity (Wildman–Crippen MR) is 22.8 cm³/mol. The Kier molecular flexibility index (Phi) is 8760000. The van der Waals surface area contributed by atoms with Gasteiger partial charge in [-0.05, 0) is 0 Å². The smallest absolute Gasteiger partial charge is 1.00 e. The fourth-order valence-electron chi connectivity index (χ4n) is 0. The molecular weight excluding hydrogens is 89.4 g/mol. The molecule has 0 unspecified atom stereocenters. The number of rotatable bonds is 0. The van der Waals surface area contributed by atoms with Gasteiger partial charge in [0, 0.05) is 0 Å². The zero-order valence-electron chi connectivity index (χ0n) is 3.71. The molecular formula is H4B3F3. The minimum absolute atomic E-state index is 0. The van der Waals surface area contributed by atoms with Crippen molar-refractivity contribution >= 4 is 23.9 Å². The number of halogens is 3. The van der Waals surface area contributed by atoms with Crippen molar-refractivity contribution in [2.75, 3.05) is 0 Å². The molecule has 6 heavy (non-hydrogen) atoms. The van der Waals surface area contributed by atoms with Gasteiger partial charge in [0.1, 0.15) is 0 Å². The summed E-state index contributed by atoms with van der Waals surface area (Å²) in [5.41, 5.74) is 0. The summed E-state index contributed by atoms with van der Waals surface area (Å²) in [6, 6.07) is 0. The van der Waals surface area contributed by atoms with Crippen molar-refractivity contribution in [2.45, 2.75) is 0 Å². The molecule has 0 aliphatic heterocycles. The van der Waals surface area contributed by atoms with Crippen LogP contribution in [-0.4, -0.2) is 23.9 Å². The molecule has 0 radical (unpaired) electrons. The third-order valence-electron chi connectivity index (χ3n) is 0. The van der Waals surface area contributed by atoms with Crippen LogP contribution in [0.4, 0.5) is 0 Å². The Balaban J connectivity index is -0.000000000833. The Morgan fingerprint density at radius 2 is 0.667 bits per heavy atom. The molecule has 0 aromatic carbocycles. The maximum atomic E-state index is 2.00. The Bertz CT molecular complexity index is 6.00. The minimum Gasteiger partial charge on any atom is -1.00 e. The molecule has 0 aromatic heterocycles. The molecule has 6 heteroatoms. The standard InChI is InChI=1S/B2H4.B.3FH/c1-2;;;;/h1-2H2;;3*1H/q;+3;;;/p-3. The van der Waals surface area contributed by atoms with Crippen LogP contribution >= 0.6 is 0 Å². The molecule has 0 saturated carbocycles. The van der Waals surface area contributed by atoms with Gasteiger partial charge in [-0.2, -0.15) is 0 Å². The van der Waals surface area contributed by atoms with E-state index in [1.54, 1.807) is 0 Å². The van der Waals surface area contributed by atoms with Crippen LogP contribution in [0.3, 0.4) is 0 Å². The van der Waals surface area contributed by atoms with E-state index in [9.17, 15) is 0 Å². The van der Waals surface area contributed by atoms with Crippen LogP contribution in [0.5, 0.6) is 0 Å². The molecule has 0 N–H and O–H groups in total. The SMILES string of the molecule is BB.[B+3].[F-].[F-].[F-]. The fraction of sp³-hybridized carbons (Fsp3) is 0. The van der Waals surface area contributed by atoms with Crippen LogP contribution in [0.1, 0.15) is 0 Å². The Labute approximate surface area is 39.2 Å². The van der Waals surface area contributed by atoms with Gasteiger partial charge in [-0.15, -0.1) is 0 Å². The molecule has 0 fully saturated rings. The molecule has 0 heterocycles. The summed E-state index contributed by atoms with van der Waals surface area (Å²) < 4.78 is 0. The van der Waals surface area contributed by atoms with E-state index < -0.39 is 0 Å². The van der Waals surface area contributed by atoms with Crippen LogP contribution in [0.25, 0.3) is 0 Å². The largest absolute Gasteiger partial charge is 3.00 e. The van der Waals surface area contributed by atoms with Crippen LogP contribution < -0.4 is 14.1 Å². The Hall–Kier alpha value is -0.0152. The van der Waals surface area contributed by atoms with E-state index >= 15 is 0 Å². The second-order valence-electron chi connectivity index (χ2n) is 0. The first-order valence-electron chi connectivity index (χ1n) is 1.00. The second-order valence-corrected chi connectivity index (χ2v) is 0. The van der Waals surface area contributed by atoms with Crippen LogP contribution in [0.15, 0.2) is 0 Å². The molecule has 34 valence electrons. The van der Waals surface area contributed by atoms with Crippen LogP contribution in [0, 0.1) is 0 Å². The van der Waals surface area contributed by atoms with Crippen molar-refractivity contribution < 1.29 is 14.1 Å². The summed E-state index contributed by atoms with van der Waals surface area (Å²) in [6.07, 6.45) is 0. The molecule has 0 bridgehead atoms. The third kappa shape index (κ3) is 154000. The summed E-state index contributed by atoms with van der Waals surface area (Å²) in [4.78, 5) is 0. The molecule has 0 amide bonds. The van der Waals surface area contributed by atoms with Gasteiger partial charge in [0.25, 0.3) is 0 Å². The summed E-state index contributed by atoms with van der Waals surface area (Å²) in [5.74, 6) is 0. The van der Waals surface area contributed by atoms with Crippen molar-refractivity contribution in [3.63, 3.8) is 0 Å². The molecule has 0 aliphatic rings. The zero-order valence-corrected chi connectivity index (χ0v) is 3.71. The first-order valence-corrected chi connectivity index (χ1v) is 1.00. The van der Waals surface area contributed by atoms with Gasteiger partial charge >= 0.3 is 8.41 Å². The van der Waals surface area contributed by atoms with Gasteiger partial charge in [-0.1, -0.05) is 0 Å². The average Bonchev–Trinajstić information content (AvgIpc) is 1.00. The van der Waals surface area contributed by atoms with E-state index in [0.29, 0.717) is 0 Å². The Morgan fingerprint density at radius 1 is 0.667 bits per heavy atom. The number of hydrogen-bond donors (Lipinski definition) is 0. The third-order valence-corrected chi connectivity index (χ3v) is 0. The molecule has 0 aromatic rings. The van der Waals surface area contributed by atoms with E-state index in [4.69, 9.17) is 0 Å². The molecule has 0 spiro atoms. The summed E-state index contributed by atoms with van der Waals surface area (Å²) in [6.45, 7) is 0. The molecule has 0 atom stereocenters. The monoisotopic (exact) mass is 94.1 g/mol. The summed E-state index contributed by atoms with van der Waals surface area (Å²) >= 11 is 0. The summed E-state index contributed by atoms with van der Waals surface area (Å²) in [5, 5.41) is 0. The Morgan fingerprint density at radius 3 is 0.667 bits per heavy atom. The van der Waals surface area contributed by atoms with Gasteiger partial charge in [-0.3, -0.25) is 0 Å². The molecule has 0 aliphatic carbocycles. The van der Waals surface area contributed by atoms with Crippen molar-refractivity contribution in [3.05, 3.63) is 0 Å². The molecule has 0 saturated heterocycles. The van der Waals surface area contributed by atoms with Crippen molar-refractivity contribution in [2.24, 2.45) is 0 Å². The first kappa shape index (κ1) is 153. The van der Waals surface area contributed by atoms with E-state index in [-0.39, 0.29) is 22.5 Å². The molecule has 0 nitrogen and oxygen atoms in total. The van der Waals surface area contributed by atoms with Gasteiger partial charge in [0.2, 0.25) is 0 Å². The van der Waals surface area contributed by atoms with Crippen molar-refractivity contribution in [1.82, 2.24) is 0 Å². The number of hydrogen-bond acceptors (Lipinski definition) is 0. The maximum absolute atomic E-state index is 2.00. The average molecular weight is 93.5 g/mol. The van der Waals surface area contributed by atoms with E-state index in [2.05, 4.69) is 0 Å². The van der Waals surface area contributed by atoms with E-state index in [1.165, 1.54) is 0 Å².